The molecular weight excluding hydrogens is 300 g/mol. The summed E-state index contributed by atoms with van der Waals surface area (Å²) in [5.74, 6) is -1.05. The van der Waals surface area contributed by atoms with Gasteiger partial charge in [-0.1, -0.05) is 18.2 Å². The number of esters is 1. The van der Waals surface area contributed by atoms with Crippen molar-refractivity contribution in [3.8, 4) is 0 Å². The van der Waals surface area contributed by atoms with Crippen molar-refractivity contribution in [2.24, 2.45) is 0 Å². The lowest BCUT2D eigenvalue weighted by atomic mass is 10.1. The molecule has 6 heteroatoms. The summed E-state index contributed by atoms with van der Waals surface area (Å²) in [5.41, 5.74) is -0.139. The first kappa shape index (κ1) is 15.1. The summed E-state index contributed by atoms with van der Waals surface area (Å²) in [5, 5.41) is 0. The molecule has 2 aliphatic heterocycles. The molecule has 4 rings (SSSR count). The molecule has 6 nitrogen and oxygen atoms in total. The van der Waals surface area contributed by atoms with E-state index in [-0.39, 0.29) is 24.3 Å². The van der Waals surface area contributed by atoms with Gasteiger partial charge in [-0.3, -0.25) is 0 Å². The summed E-state index contributed by atoms with van der Waals surface area (Å²) in [6.45, 7) is 3.72. The standard InChI is InChI=1S/C17H20O6/c1-16(2)21-12-13(22-16)17(23-15(12)19-3)9-11(17)20-14(18)10-7-5-4-6-8-10/h4-8,11-13,15H,9H2,1-3H3/t11-,12?,13?,15?,17-/m1/s1. The van der Waals surface area contributed by atoms with Gasteiger partial charge in [-0.2, -0.15) is 0 Å². The normalized spacial score (nSPS) is 40.1. The molecule has 2 saturated heterocycles. The second-order valence-corrected chi connectivity index (χ2v) is 6.66. The number of rotatable bonds is 3. The third-order valence-electron chi connectivity index (χ3n) is 4.59. The Morgan fingerprint density at radius 3 is 2.61 bits per heavy atom. The van der Waals surface area contributed by atoms with Crippen LogP contribution in [0.4, 0.5) is 0 Å². The molecule has 3 unspecified atom stereocenters. The zero-order valence-corrected chi connectivity index (χ0v) is 13.4. The molecule has 3 aliphatic rings. The average molecular weight is 320 g/mol. The van der Waals surface area contributed by atoms with E-state index in [1.807, 2.05) is 19.9 Å². The summed E-state index contributed by atoms with van der Waals surface area (Å²) in [6.07, 6.45) is -0.875. The average Bonchev–Trinajstić information content (AvgIpc) is 3.00. The molecule has 0 N–H and O–H groups in total. The van der Waals surface area contributed by atoms with Crippen molar-refractivity contribution < 1.29 is 28.5 Å². The SMILES string of the molecule is COC1O[C@@]2(C[C@H]2OC(=O)c2ccccc2)C2OC(C)(C)OC12. The molecule has 0 amide bonds. The topological polar surface area (TPSA) is 63.2 Å². The highest BCUT2D eigenvalue weighted by Gasteiger charge is 2.75. The number of methoxy groups -OCH3 is 1. The quantitative estimate of drug-likeness (QED) is 0.793. The maximum absolute atomic E-state index is 12.2. The Hall–Kier alpha value is -1.47. The molecule has 1 aliphatic carbocycles. The molecule has 0 radical (unpaired) electrons. The second kappa shape index (κ2) is 5.01. The first-order valence-electron chi connectivity index (χ1n) is 7.77. The number of carbonyl (C=O) groups is 1. The summed E-state index contributed by atoms with van der Waals surface area (Å²) in [7, 11) is 1.57. The largest absolute Gasteiger partial charge is 0.455 e. The van der Waals surface area contributed by atoms with Gasteiger partial charge in [-0.25, -0.2) is 4.79 Å². The zero-order chi connectivity index (χ0) is 16.2. The molecule has 1 aromatic carbocycles. The Bertz CT molecular complexity index is 615. The van der Waals surface area contributed by atoms with Crippen molar-refractivity contribution >= 4 is 5.97 Å². The van der Waals surface area contributed by atoms with E-state index in [0.717, 1.165) is 0 Å². The zero-order valence-electron chi connectivity index (χ0n) is 13.4. The Morgan fingerprint density at radius 1 is 1.17 bits per heavy atom. The van der Waals surface area contributed by atoms with Gasteiger partial charge in [0.1, 0.15) is 23.9 Å². The summed E-state index contributed by atoms with van der Waals surface area (Å²) in [4.78, 5) is 12.2. The van der Waals surface area contributed by atoms with E-state index < -0.39 is 17.7 Å². The van der Waals surface area contributed by atoms with E-state index in [2.05, 4.69) is 0 Å². The maximum atomic E-state index is 12.2. The van der Waals surface area contributed by atoms with E-state index in [1.54, 1.807) is 31.4 Å². The molecule has 3 fully saturated rings. The predicted octanol–water partition coefficient (Wildman–Crippen LogP) is 1.88. The molecule has 0 aromatic heterocycles. The maximum Gasteiger partial charge on any atom is 0.338 e. The minimum atomic E-state index is -0.695. The lowest BCUT2D eigenvalue weighted by Crippen LogP contribution is -2.35. The monoisotopic (exact) mass is 320 g/mol. The van der Waals surface area contributed by atoms with Crippen molar-refractivity contribution in [1.29, 1.82) is 0 Å². The van der Waals surface area contributed by atoms with Gasteiger partial charge in [0.15, 0.2) is 12.1 Å². The number of hydrogen-bond donors (Lipinski definition) is 0. The van der Waals surface area contributed by atoms with Crippen LogP contribution < -0.4 is 0 Å². The highest BCUT2D eigenvalue weighted by Crippen LogP contribution is 2.57. The van der Waals surface area contributed by atoms with E-state index in [0.29, 0.717) is 12.0 Å². The van der Waals surface area contributed by atoms with Crippen molar-refractivity contribution in [2.45, 2.75) is 56.3 Å². The number of ether oxygens (including phenoxy) is 5. The van der Waals surface area contributed by atoms with Crippen LogP contribution in [0.2, 0.25) is 0 Å². The van der Waals surface area contributed by atoms with Crippen LogP contribution in [0, 0.1) is 0 Å². The number of hydrogen-bond acceptors (Lipinski definition) is 6. The lowest BCUT2D eigenvalue weighted by Gasteiger charge is -2.23. The Kier molecular flexibility index (Phi) is 3.29. The molecule has 2 heterocycles. The van der Waals surface area contributed by atoms with Gasteiger partial charge in [0, 0.05) is 13.5 Å². The highest BCUT2D eigenvalue weighted by molar-refractivity contribution is 5.89. The van der Waals surface area contributed by atoms with Gasteiger partial charge in [-0.15, -0.1) is 0 Å². The fourth-order valence-electron chi connectivity index (χ4n) is 3.47. The molecule has 0 bridgehead atoms. The molecule has 5 atom stereocenters. The van der Waals surface area contributed by atoms with Gasteiger partial charge in [0.25, 0.3) is 0 Å². The Balaban J connectivity index is 1.49. The van der Waals surface area contributed by atoms with E-state index in [1.165, 1.54) is 0 Å². The molecule has 1 aromatic rings. The van der Waals surface area contributed by atoms with Gasteiger partial charge in [0.05, 0.1) is 5.56 Å². The van der Waals surface area contributed by atoms with Crippen LogP contribution in [0.15, 0.2) is 30.3 Å². The van der Waals surface area contributed by atoms with E-state index >= 15 is 0 Å². The van der Waals surface area contributed by atoms with Crippen molar-refractivity contribution in [2.75, 3.05) is 7.11 Å². The van der Waals surface area contributed by atoms with Crippen LogP contribution in [-0.2, 0) is 23.7 Å². The molecule has 1 saturated carbocycles. The van der Waals surface area contributed by atoms with Crippen molar-refractivity contribution in [1.82, 2.24) is 0 Å². The smallest absolute Gasteiger partial charge is 0.338 e. The van der Waals surface area contributed by atoms with Gasteiger partial charge < -0.3 is 23.7 Å². The fraction of sp³-hybridized carbons (Fsp3) is 0.588. The molecular formula is C17H20O6. The minimum Gasteiger partial charge on any atom is -0.455 e. The van der Waals surface area contributed by atoms with Crippen LogP contribution in [-0.4, -0.2) is 49.1 Å². The Labute approximate surface area is 134 Å². The number of carbonyl (C=O) groups excluding carboxylic acids is 1. The van der Waals surface area contributed by atoms with Crippen LogP contribution in [0.25, 0.3) is 0 Å². The minimum absolute atomic E-state index is 0.295. The van der Waals surface area contributed by atoms with Gasteiger partial charge in [0.2, 0.25) is 0 Å². The van der Waals surface area contributed by atoms with Crippen LogP contribution in [0.5, 0.6) is 0 Å². The van der Waals surface area contributed by atoms with Crippen molar-refractivity contribution in [3.63, 3.8) is 0 Å². The van der Waals surface area contributed by atoms with Crippen LogP contribution in [0.3, 0.4) is 0 Å². The lowest BCUT2D eigenvalue weighted by molar-refractivity contribution is -0.236. The molecule has 124 valence electrons. The number of fused-ring (bicyclic) bond motifs is 2. The van der Waals surface area contributed by atoms with E-state index in [4.69, 9.17) is 23.7 Å². The Morgan fingerprint density at radius 2 is 1.91 bits per heavy atom. The van der Waals surface area contributed by atoms with Crippen LogP contribution >= 0.6 is 0 Å². The summed E-state index contributed by atoms with van der Waals surface area (Å²) < 4.78 is 28.8. The molecule has 23 heavy (non-hydrogen) atoms. The van der Waals surface area contributed by atoms with Gasteiger partial charge >= 0.3 is 5.97 Å². The third-order valence-corrected chi connectivity index (χ3v) is 4.59. The number of benzene rings is 1. The molecule has 1 spiro atoms. The highest BCUT2D eigenvalue weighted by atomic mass is 16.8. The summed E-state index contributed by atoms with van der Waals surface area (Å²) in [6, 6.07) is 8.92. The third kappa shape index (κ3) is 2.37. The summed E-state index contributed by atoms with van der Waals surface area (Å²) >= 11 is 0. The predicted molar refractivity (Wildman–Crippen MR) is 78.7 cm³/mol. The first-order chi connectivity index (χ1) is 11.0. The van der Waals surface area contributed by atoms with Gasteiger partial charge in [-0.05, 0) is 26.0 Å². The van der Waals surface area contributed by atoms with E-state index in [9.17, 15) is 4.79 Å². The van der Waals surface area contributed by atoms with Crippen LogP contribution in [0.1, 0.15) is 30.6 Å². The fourth-order valence-corrected chi connectivity index (χ4v) is 3.47. The van der Waals surface area contributed by atoms with Crippen molar-refractivity contribution in [3.05, 3.63) is 35.9 Å². The first-order valence-corrected chi connectivity index (χ1v) is 7.77. The second-order valence-electron chi connectivity index (χ2n) is 6.66.